The van der Waals surface area contributed by atoms with Crippen molar-refractivity contribution >= 4 is 11.3 Å². The molecule has 0 aliphatic heterocycles. The Hall–Kier alpha value is -1.26. The molecule has 1 N–H and O–H groups in total. The molecular formula is C16H23N3S. The maximum atomic E-state index is 4.28. The molecule has 0 saturated carbocycles. The Morgan fingerprint density at radius 3 is 2.45 bits per heavy atom. The van der Waals surface area contributed by atoms with E-state index in [0.717, 1.165) is 35.9 Å². The Kier molecular flexibility index (Phi) is 5.68. The molecule has 2 rings (SSSR count). The van der Waals surface area contributed by atoms with Gasteiger partial charge in [-0.2, -0.15) is 0 Å². The van der Waals surface area contributed by atoms with E-state index in [1.165, 1.54) is 11.1 Å². The monoisotopic (exact) mass is 289 g/mol. The summed E-state index contributed by atoms with van der Waals surface area (Å²) in [6.07, 6.45) is 2.01. The van der Waals surface area contributed by atoms with E-state index >= 15 is 0 Å². The number of hydrogen-bond donors (Lipinski definition) is 1. The zero-order valence-corrected chi connectivity index (χ0v) is 13.3. The fourth-order valence-corrected chi connectivity index (χ4v) is 2.75. The predicted molar refractivity (Wildman–Crippen MR) is 85.0 cm³/mol. The summed E-state index contributed by atoms with van der Waals surface area (Å²) in [4.78, 5) is 0. The molecule has 0 spiro atoms. The maximum Gasteiger partial charge on any atom is 0.131 e. The van der Waals surface area contributed by atoms with Gasteiger partial charge in [0.15, 0.2) is 0 Å². The number of nitrogens with zero attached hydrogens (tertiary/aromatic N) is 2. The second kappa shape index (κ2) is 7.50. The van der Waals surface area contributed by atoms with Crippen molar-refractivity contribution in [3.8, 4) is 0 Å². The van der Waals surface area contributed by atoms with E-state index in [1.54, 1.807) is 11.3 Å². The highest BCUT2D eigenvalue weighted by Gasteiger charge is 2.05. The molecular weight excluding hydrogens is 266 g/mol. The van der Waals surface area contributed by atoms with Crippen LogP contribution in [0.15, 0.2) is 24.3 Å². The van der Waals surface area contributed by atoms with Gasteiger partial charge < -0.3 is 5.32 Å². The van der Waals surface area contributed by atoms with Crippen molar-refractivity contribution in [2.75, 3.05) is 6.54 Å². The van der Waals surface area contributed by atoms with Crippen LogP contribution in [0.5, 0.6) is 0 Å². The first kappa shape index (κ1) is 15.1. The summed E-state index contributed by atoms with van der Waals surface area (Å²) in [5, 5.41) is 14.1. The van der Waals surface area contributed by atoms with Crippen LogP contribution < -0.4 is 5.32 Å². The summed E-state index contributed by atoms with van der Waals surface area (Å²) in [6, 6.07) is 8.72. The minimum atomic E-state index is 0.670. The smallest absolute Gasteiger partial charge is 0.131 e. The topological polar surface area (TPSA) is 37.8 Å². The van der Waals surface area contributed by atoms with Crippen molar-refractivity contribution in [3.05, 3.63) is 45.4 Å². The third-order valence-corrected chi connectivity index (χ3v) is 4.07. The van der Waals surface area contributed by atoms with Crippen LogP contribution in [0.4, 0.5) is 0 Å². The fourth-order valence-electron chi connectivity index (χ4n) is 1.93. The molecule has 0 unspecified atom stereocenters. The van der Waals surface area contributed by atoms with Crippen molar-refractivity contribution in [2.45, 2.75) is 40.2 Å². The molecule has 20 heavy (non-hydrogen) atoms. The molecule has 0 fully saturated rings. The molecule has 3 nitrogen and oxygen atoms in total. The molecule has 2 aromatic rings. The zero-order valence-electron chi connectivity index (χ0n) is 12.5. The molecule has 4 heteroatoms. The van der Waals surface area contributed by atoms with Crippen molar-refractivity contribution < 1.29 is 0 Å². The van der Waals surface area contributed by atoms with Crippen LogP contribution in [-0.2, 0) is 19.4 Å². The first-order chi connectivity index (χ1) is 9.63. The molecule has 1 heterocycles. The van der Waals surface area contributed by atoms with Gasteiger partial charge in [0.2, 0.25) is 0 Å². The third-order valence-electron chi connectivity index (χ3n) is 3.09. The summed E-state index contributed by atoms with van der Waals surface area (Å²) >= 11 is 1.72. The summed E-state index contributed by atoms with van der Waals surface area (Å²) in [6.45, 7) is 8.39. The lowest BCUT2D eigenvalue weighted by Crippen LogP contribution is -2.18. The van der Waals surface area contributed by atoms with Gasteiger partial charge in [0, 0.05) is 13.0 Å². The molecule has 0 bridgehead atoms. The van der Waals surface area contributed by atoms with Crippen LogP contribution in [0, 0.1) is 12.8 Å². The Bertz CT molecular complexity index is 517. The van der Waals surface area contributed by atoms with Gasteiger partial charge in [-0.1, -0.05) is 43.7 Å². The van der Waals surface area contributed by atoms with E-state index in [1.807, 2.05) is 0 Å². The third kappa shape index (κ3) is 5.02. The summed E-state index contributed by atoms with van der Waals surface area (Å²) in [5.74, 6) is 0.670. The second-order valence-electron chi connectivity index (χ2n) is 5.60. The van der Waals surface area contributed by atoms with Gasteiger partial charge in [0.05, 0.1) is 0 Å². The Morgan fingerprint density at radius 2 is 1.75 bits per heavy atom. The zero-order chi connectivity index (χ0) is 14.4. The van der Waals surface area contributed by atoms with Crippen molar-refractivity contribution in [1.29, 1.82) is 0 Å². The summed E-state index contributed by atoms with van der Waals surface area (Å²) in [5.41, 5.74) is 2.67. The Balaban J connectivity index is 1.79. The van der Waals surface area contributed by atoms with Crippen LogP contribution in [0.1, 0.15) is 35.0 Å². The predicted octanol–water partition coefficient (Wildman–Crippen LogP) is 3.38. The normalized spacial score (nSPS) is 11.2. The van der Waals surface area contributed by atoms with Gasteiger partial charge in [-0.25, -0.2) is 0 Å². The summed E-state index contributed by atoms with van der Waals surface area (Å²) in [7, 11) is 0. The Morgan fingerprint density at radius 1 is 1.05 bits per heavy atom. The average Bonchev–Trinajstić information content (AvgIpc) is 2.86. The van der Waals surface area contributed by atoms with E-state index < -0.39 is 0 Å². The van der Waals surface area contributed by atoms with Crippen molar-refractivity contribution in [2.24, 2.45) is 5.92 Å². The fraction of sp³-hybridized carbons (Fsp3) is 0.500. The molecule has 0 saturated heterocycles. The molecule has 108 valence electrons. The van der Waals surface area contributed by atoms with Crippen LogP contribution >= 0.6 is 11.3 Å². The first-order valence-electron chi connectivity index (χ1n) is 7.21. The number of aryl methyl sites for hydroxylation is 3. The molecule has 0 amide bonds. The number of hydrogen-bond acceptors (Lipinski definition) is 4. The number of aromatic nitrogens is 2. The van der Waals surface area contributed by atoms with Crippen molar-refractivity contribution in [1.82, 2.24) is 15.5 Å². The van der Waals surface area contributed by atoms with E-state index in [2.05, 4.69) is 60.6 Å². The lowest BCUT2D eigenvalue weighted by molar-refractivity contribution is 0.550. The van der Waals surface area contributed by atoms with Crippen LogP contribution in [0.3, 0.4) is 0 Å². The molecule has 1 aromatic heterocycles. The quantitative estimate of drug-likeness (QED) is 0.849. The highest BCUT2D eigenvalue weighted by molar-refractivity contribution is 7.11. The lowest BCUT2D eigenvalue weighted by atomic mass is 10.1. The molecule has 0 aliphatic carbocycles. The van der Waals surface area contributed by atoms with Gasteiger partial charge in [0.25, 0.3) is 0 Å². The van der Waals surface area contributed by atoms with Crippen LogP contribution in [0.2, 0.25) is 0 Å². The van der Waals surface area contributed by atoms with Gasteiger partial charge in [0.1, 0.15) is 10.0 Å². The van der Waals surface area contributed by atoms with Crippen LogP contribution in [-0.4, -0.2) is 16.7 Å². The van der Waals surface area contributed by atoms with Gasteiger partial charge >= 0.3 is 0 Å². The molecule has 0 aliphatic rings. The van der Waals surface area contributed by atoms with Gasteiger partial charge in [-0.3, -0.25) is 0 Å². The number of benzene rings is 1. The minimum absolute atomic E-state index is 0.670. The average molecular weight is 289 g/mol. The lowest BCUT2D eigenvalue weighted by Gasteiger charge is -2.04. The highest BCUT2D eigenvalue weighted by atomic mass is 32.1. The van der Waals surface area contributed by atoms with E-state index in [9.17, 15) is 0 Å². The second-order valence-corrected chi connectivity index (χ2v) is 6.75. The standard InChI is InChI=1S/C16H23N3S/c1-12(2)10-17-11-16-19-18-15(20-16)9-8-14-6-4-13(3)5-7-14/h4-7,12,17H,8-11H2,1-3H3. The van der Waals surface area contributed by atoms with Crippen LogP contribution in [0.25, 0.3) is 0 Å². The first-order valence-corrected chi connectivity index (χ1v) is 8.02. The van der Waals surface area contributed by atoms with E-state index in [0.29, 0.717) is 5.92 Å². The number of nitrogens with one attached hydrogen (secondary N) is 1. The highest BCUT2D eigenvalue weighted by Crippen LogP contribution is 2.13. The summed E-state index contributed by atoms with van der Waals surface area (Å²) < 4.78 is 0. The van der Waals surface area contributed by atoms with Crippen molar-refractivity contribution in [3.63, 3.8) is 0 Å². The molecule has 1 aromatic carbocycles. The van der Waals surface area contributed by atoms with Gasteiger partial charge in [-0.05, 0) is 31.4 Å². The SMILES string of the molecule is Cc1ccc(CCc2nnc(CNCC(C)C)s2)cc1. The largest absolute Gasteiger partial charge is 0.310 e. The molecule has 0 atom stereocenters. The maximum absolute atomic E-state index is 4.28. The van der Waals surface area contributed by atoms with Gasteiger partial charge in [-0.15, -0.1) is 21.5 Å². The Labute approximate surface area is 125 Å². The van der Waals surface area contributed by atoms with E-state index in [4.69, 9.17) is 0 Å². The molecule has 0 radical (unpaired) electrons. The number of rotatable bonds is 7. The minimum Gasteiger partial charge on any atom is -0.310 e. The van der Waals surface area contributed by atoms with E-state index in [-0.39, 0.29) is 0 Å².